The molecule has 0 atom stereocenters. The van der Waals surface area contributed by atoms with Crippen molar-refractivity contribution in [2.24, 2.45) is 0 Å². The van der Waals surface area contributed by atoms with Gasteiger partial charge in [-0.15, -0.1) is 0 Å². The number of carbonyl (C=O) groups is 1. The molecular formula is C26H38N2O2. The molecule has 0 bridgehead atoms. The molecule has 164 valence electrons. The van der Waals surface area contributed by atoms with Gasteiger partial charge in [0.25, 0.3) is 5.91 Å². The second-order valence-electron chi connectivity index (χ2n) is 8.71. The van der Waals surface area contributed by atoms with Crippen molar-refractivity contribution in [3.05, 3.63) is 52.3 Å². The van der Waals surface area contributed by atoms with Crippen molar-refractivity contribution >= 4 is 11.6 Å². The summed E-state index contributed by atoms with van der Waals surface area (Å²) in [6.07, 6.45) is 4.52. The van der Waals surface area contributed by atoms with Gasteiger partial charge in [-0.1, -0.05) is 72.1 Å². The maximum absolute atomic E-state index is 13.4. The Morgan fingerprint density at radius 1 is 1.03 bits per heavy atom. The van der Waals surface area contributed by atoms with Crippen molar-refractivity contribution in [3.63, 3.8) is 0 Å². The summed E-state index contributed by atoms with van der Waals surface area (Å²) in [5, 5.41) is 3.21. The van der Waals surface area contributed by atoms with Crippen molar-refractivity contribution in [2.45, 2.75) is 86.0 Å². The fourth-order valence-corrected chi connectivity index (χ4v) is 3.77. The minimum atomic E-state index is -0.154. The molecule has 2 rings (SSSR count). The lowest BCUT2D eigenvalue weighted by atomic mass is 9.92. The Morgan fingerprint density at radius 2 is 1.67 bits per heavy atom. The number of amides is 1. The van der Waals surface area contributed by atoms with Crippen LogP contribution in [-0.2, 0) is 0 Å². The van der Waals surface area contributed by atoms with Crippen LogP contribution in [0.25, 0.3) is 0 Å². The normalized spacial score (nSPS) is 11.2. The van der Waals surface area contributed by atoms with E-state index in [1.54, 1.807) is 0 Å². The molecule has 0 saturated heterocycles. The zero-order valence-electron chi connectivity index (χ0n) is 19.8. The van der Waals surface area contributed by atoms with Gasteiger partial charge < -0.3 is 10.1 Å². The van der Waals surface area contributed by atoms with E-state index < -0.39 is 0 Å². The van der Waals surface area contributed by atoms with Crippen molar-refractivity contribution in [1.29, 1.82) is 0 Å². The molecule has 0 aliphatic heterocycles. The number of nitrogens with zero attached hydrogens (tertiary/aromatic N) is 1. The lowest BCUT2D eigenvalue weighted by molar-refractivity contribution is 0.102. The summed E-state index contributed by atoms with van der Waals surface area (Å²) >= 11 is 0. The van der Waals surface area contributed by atoms with Crippen molar-refractivity contribution in [3.8, 4) is 5.75 Å². The Hall–Kier alpha value is -2.36. The third-order valence-electron chi connectivity index (χ3n) is 5.39. The van der Waals surface area contributed by atoms with Crippen LogP contribution >= 0.6 is 0 Å². The van der Waals surface area contributed by atoms with Gasteiger partial charge in [0.2, 0.25) is 0 Å². The molecule has 0 saturated carbocycles. The number of anilines is 1. The summed E-state index contributed by atoms with van der Waals surface area (Å²) in [4.78, 5) is 17.9. The van der Waals surface area contributed by atoms with Crippen LogP contribution in [0.1, 0.15) is 105 Å². The van der Waals surface area contributed by atoms with E-state index in [2.05, 4.69) is 63.1 Å². The molecule has 30 heavy (non-hydrogen) atoms. The topological polar surface area (TPSA) is 51.2 Å². The first-order chi connectivity index (χ1) is 14.3. The number of benzene rings is 1. The van der Waals surface area contributed by atoms with Gasteiger partial charge in [-0.25, -0.2) is 0 Å². The Labute approximate surface area is 182 Å². The predicted molar refractivity (Wildman–Crippen MR) is 126 cm³/mol. The second-order valence-corrected chi connectivity index (χ2v) is 8.71. The Balaban J connectivity index is 2.35. The van der Waals surface area contributed by atoms with E-state index in [1.165, 1.54) is 12.8 Å². The van der Waals surface area contributed by atoms with Crippen molar-refractivity contribution in [1.82, 2.24) is 4.98 Å². The first kappa shape index (κ1) is 23.9. The molecule has 1 amide bonds. The highest BCUT2D eigenvalue weighted by Crippen LogP contribution is 2.33. The van der Waals surface area contributed by atoms with Gasteiger partial charge in [0.15, 0.2) is 0 Å². The highest BCUT2D eigenvalue weighted by atomic mass is 16.5. The van der Waals surface area contributed by atoms with Gasteiger partial charge in [-0.2, -0.15) is 0 Å². The van der Waals surface area contributed by atoms with Crippen LogP contribution in [0, 0.1) is 13.8 Å². The quantitative estimate of drug-likeness (QED) is 0.423. The van der Waals surface area contributed by atoms with Gasteiger partial charge in [0, 0.05) is 17.4 Å². The van der Waals surface area contributed by atoms with Crippen LogP contribution < -0.4 is 10.1 Å². The number of nitrogens with one attached hydrogen (secondary N) is 1. The van der Waals surface area contributed by atoms with Gasteiger partial charge in [-0.05, 0) is 43.2 Å². The third kappa shape index (κ3) is 6.07. The fraction of sp³-hybridized carbons (Fsp3) is 0.538. The molecule has 0 aliphatic carbocycles. The molecule has 0 aliphatic rings. The average Bonchev–Trinajstić information content (AvgIpc) is 2.67. The molecule has 0 unspecified atom stereocenters. The van der Waals surface area contributed by atoms with Crippen LogP contribution in [0.2, 0.25) is 0 Å². The molecule has 2 aromatic rings. The first-order valence-corrected chi connectivity index (χ1v) is 11.3. The largest absolute Gasteiger partial charge is 0.493 e. The molecule has 1 N–H and O–H groups in total. The molecule has 1 heterocycles. The summed E-state index contributed by atoms with van der Waals surface area (Å²) in [5.74, 6) is 1.09. The summed E-state index contributed by atoms with van der Waals surface area (Å²) in [5.41, 5.74) is 5.30. The number of aryl methyl sites for hydroxylation is 2. The molecule has 4 heteroatoms. The molecule has 4 nitrogen and oxygen atoms in total. The van der Waals surface area contributed by atoms with Crippen LogP contribution in [-0.4, -0.2) is 17.5 Å². The number of ether oxygens (including phenoxy) is 1. The lowest BCUT2D eigenvalue weighted by Gasteiger charge is -2.21. The third-order valence-corrected chi connectivity index (χ3v) is 5.39. The van der Waals surface area contributed by atoms with Gasteiger partial charge in [0.1, 0.15) is 11.3 Å². The van der Waals surface area contributed by atoms with E-state index in [0.717, 1.165) is 35.3 Å². The minimum Gasteiger partial charge on any atom is -0.493 e. The monoisotopic (exact) mass is 410 g/mol. The van der Waals surface area contributed by atoms with Crippen LogP contribution in [0.15, 0.2) is 24.3 Å². The summed E-state index contributed by atoms with van der Waals surface area (Å²) in [6, 6.07) is 8.14. The zero-order valence-corrected chi connectivity index (χ0v) is 19.8. The van der Waals surface area contributed by atoms with E-state index >= 15 is 0 Å². The Kier molecular flexibility index (Phi) is 8.88. The molecule has 0 radical (unpaired) electrons. The smallest absolute Gasteiger partial charge is 0.261 e. The second kappa shape index (κ2) is 11.1. The SMILES string of the molecule is CCCCCCOc1cc(C)nc(C)c1C(=O)Nc1c(C(C)C)cccc1C(C)C. The standard InChI is InChI=1S/C26H38N2O2/c1-8-9-10-11-15-30-23-16-19(6)27-20(7)24(23)26(29)28-25-21(17(2)3)13-12-14-22(25)18(4)5/h12-14,16-18H,8-11,15H2,1-7H3,(H,28,29). The van der Waals surface area contributed by atoms with Gasteiger partial charge in [-0.3, -0.25) is 9.78 Å². The predicted octanol–water partition coefficient (Wildman–Crippen LogP) is 7.16. The van der Waals surface area contributed by atoms with E-state index in [1.807, 2.05) is 19.9 Å². The molecular weight excluding hydrogens is 372 g/mol. The van der Waals surface area contributed by atoms with Gasteiger partial charge in [0.05, 0.1) is 12.3 Å². The van der Waals surface area contributed by atoms with Gasteiger partial charge >= 0.3 is 0 Å². The molecule has 1 aromatic heterocycles. The number of hydrogen-bond donors (Lipinski definition) is 1. The number of carbonyl (C=O) groups excluding carboxylic acids is 1. The lowest BCUT2D eigenvalue weighted by Crippen LogP contribution is -2.19. The van der Waals surface area contributed by atoms with E-state index in [4.69, 9.17) is 4.74 Å². The Morgan fingerprint density at radius 3 is 2.23 bits per heavy atom. The molecule has 0 fully saturated rings. The number of unbranched alkanes of at least 4 members (excludes halogenated alkanes) is 3. The molecule has 1 aromatic carbocycles. The van der Waals surface area contributed by atoms with E-state index in [0.29, 0.717) is 35.4 Å². The highest BCUT2D eigenvalue weighted by Gasteiger charge is 2.21. The minimum absolute atomic E-state index is 0.154. The number of para-hydroxylation sites is 1. The van der Waals surface area contributed by atoms with Crippen LogP contribution in [0.4, 0.5) is 5.69 Å². The van der Waals surface area contributed by atoms with Crippen LogP contribution in [0.3, 0.4) is 0 Å². The van der Waals surface area contributed by atoms with Crippen molar-refractivity contribution in [2.75, 3.05) is 11.9 Å². The highest BCUT2D eigenvalue weighted by molar-refractivity contribution is 6.07. The fourth-order valence-electron chi connectivity index (χ4n) is 3.77. The summed E-state index contributed by atoms with van der Waals surface area (Å²) in [6.45, 7) is 15.2. The summed E-state index contributed by atoms with van der Waals surface area (Å²) in [7, 11) is 0. The maximum Gasteiger partial charge on any atom is 0.261 e. The van der Waals surface area contributed by atoms with E-state index in [9.17, 15) is 4.79 Å². The molecule has 0 spiro atoms. The first-order valence-electron chi connectivity index (χ1n) is 11.3. The maximum atomic E-state index is 13.4. The Bertz CT molecular complexity index is 830. The number of aromatic nitrogens is 1. The number of pyridine rings is 1. The van der Waals surface area contributed by atoms with E-state index in [-0.39, 0.29) is 5.91 Å². The van der Waals surface area contributed by atoms with Crippen LogP contribution in [0.5, 0.6) is 5.75 Å². The number of hydrogen-bond acceptors (Lipinski definition) is 3. The van der Waals surface area contributed by atoms with Crippen molar-refractivity contribution < 1.29 is 9.53 Å². The zero-order chi connectivity index (χ0) is 22.3. The summed E-state index contributed by atoms with van der Waals surface area (Å²) < 4.78 is 6.06. The average molecular weight is 411 g/mol. The number of rotatable bonds is 10.